The number of ether oxygens (including phenoxy) is 5. The Morgan fingerprint density at radius 3 is 1.37 bits per heavy atom. The Kier molecular flexibility index (Phi) is 42.3. The average Bonchev–Trinajstić information content (AvgIpc) is 0.792. The highest BCUT2D eigenvalue weighted by Gasteiger charge is 2.50. The number of unbranched alkanes of at least 4 members (excludes halogenated alkanes) is 14. The molecule has 2 aromatic rings. The molecule has 2 N–H and O–H groups in total. The Bertz CT molecular complexity index is 3650. The zero-order valence-corrected chi connectivity index (χ0v) is 63.2. The Morgan fingerprint density at radius 1 is 0.525 bits per heavy atom. The molecule has 1 amide bonds. The SMILES string of the molecule is CC#CC#CC#CC#CC#CC#CC#CC#CC#CC#CC#CC#CC(=O)N[C@@H](CO[C@H]1OC(COC(=O)CCCCCCC(=O)O)[C@H](OCc2ccccc2)[C@H](C)C1OCc1ccccc1)[C@H](O[Si](C)(C)C(C)(C)C)[C@@H](CCCCCCCCCCCCCC)O[Si](C)(C)C(C)(C)C. The van der Waals surface area contributed by atoms with E-state index in [2.05, 4.69) is 222 Å². The minimum atomic E-state index is -2.70. The molecule has 99 heavy (non-hydrogen) atoms. The number of carboxylic acid groups (broad SMARTS) is 1. The van der Waals surface area contributed by atoms with E-state index in [1.165, 1.54) is 57.8 Å². The van der Waals surface area contributed by atoms with Crippen LogP contribution in [0.4, 0.5) is 0 Å². The smallest absolute Gasteiger partial charge is 0.305 e. The minimum absolute atomic E-state index is 0.0852. The van der Waals surface area contributed by atoms with E-state index in [9.17, 15) is 14.4 Å². The number of carboxylic acids is 1. The fourth-order valence-corrected chi connectivity index (χ4v) is 12.6. The van der Waals surface area contributed by atoms with Gasteiger partial charge in [-0.3, -0.25) is 14.4 Å². The second-order valence-corrected chi connectivity index (χ2v) is 36.9. The maximum atomic E-state index is 14.5. The standard InChI is InChI=1S/C85H105NO11Si2/c1-14-16-18-20-22-24-26-28-29-30-31-32-33-34-35-36-37-38-40-42-44-46-56-64-77(87)86-74(82(97-99(12,13)85(7,8)9)75(96-98(10,11)84(4,5)6)63-55-45-43-41-39-27-25-23-21-19-17-15-2)69-94-83-81(93-68-73-61-53-50-54-62-73)71(3)80(92-67-72-59-51-49-52-60-72)76(95-83)70-91-79(90)66-58-48-47-57-65-78(88)89/h49-54,59-62,71,74-76,80-83H,15,17,19,21,23,25,27,39,41,43,45,47-48,55,57-58,63,65-70H2,1-13H3,(H,86,87)(H,88,89)/t71-,74-,75+,76?,80+,81?,82-,83-/m0/s1. The first kappa shape index (κ1) is 85.0. The van der Waals surface area contributed by atoms with Gasteiger partial charge in [-0.2, -0.15) is 0 Å². The van der Waals surface area contributed by atoms with Gasteiger partial charge in [0, 0.05) is 60.2 Å². The topological polar surface area (TPSA) is 148 Å². The fourth-order valence-electron chi connectivity index (χ4n) is 9.90. The van der Waals surface area contributed by atoms with Gasteiger partial charge in [0.05, 0.1) is 44.2 Å². The van der Waals surface area contributed by atoms with Gasteiger partial charge in [-0.25, -0.2) is 0 Å². The lowest BCUT2D eigenvalue weighted by Crippen LogP contribution is -2.61. The molecule has 0 bridgehead atoms. The molecule has 0 radical (unpaired) electrons. The van der Waals surface area contributed by atoms with E-state index in [-0.39, 0.29) is 49.3 Å². The van der Waals surface area contributed by atoms with Crippen LogP contribution in [0, 0.1) is 148 Å². The first-order valence-corrected chi connectivity index (χ1v) is 40.9. The summed E-state index contributed by atoms with van der Waals surface area (Å²) >= 11 is 0. The Labute approximate surface area is 598 Å². The fraction of sp³-hybridized carbons (Fsp3) is 0.541. The number of aliphatic carboxylic acids is 1. The van der Waals surface area contributed by atoms with E-state index >= 15 is 0 Å². The van der Waals surface area contributed by atoms with Crippen LogP contribution in [0.25, 0.3) is 0 Å². The van der Waals surface area contributed by atoms with Crippen molar-refractivity contribution < 1.29 is 52.0 Å². The van der Waals surface area contributed by atoms with Gasteiger partial charge in [-0.1, -0.05) is 212 Å². The summed E-state index contributed by atoms with van der Waals surface area (Å²) in [4.78, 5) is 39.1. The van der Waals surface area contributed by atoms with Gasteiger partial charge in [0.2, 0.25) is 0 Å². The van der Waals surface area contributed by atoms with E-state index in [4.69, 9.17) is 37.6 Å². The molecule has 1 aliphatic heterocycles. The van der Waals surface area contributed by atoms with Crippen LogP contribution in [0.15, 0.2) is 60.7 Å². The Balaban J connectivity index is 2.13. The van der Waals surface area contributed by atoms with E-state index in [0.717, 1.165) is 30.4 Å². The molecular formula is C85H105NO11Si2. The lowest BCUT2D eigenvalue weighted by atomic mass is 9.90. The number of nitrogens with one attached hydrogen (secondary N) is 1. The van der Waals surface area contributed by atoms with Gasteiger partial charge in [-0.15, -0.1) is 0 Å². The van der Waals surface area contributed by atoms with Gasteiger partial charge >= 0.3 is 11.9 Å². The molecule has 0 aromatic heterocycles. The second-order valence-electron chi connectivity index (χ2n) is 27.4. The maximum absolute atomic E-state index is 14.5. The zero-order chi connectivity index (χ0) is 72.5. The van der Waals surface area contributed by atoms with E-state index in [1.54, 1.807) is 6.92 Å². The van der Waals surface area contributed by atoms with E-state index < -0.39 is 83.3 Å². The number of esters is 1. The highest BCUT2D eigenvalue weighted by Crippen LogP contribution is 2.42. The number of benzene rings is 2. The molecule has 3 rings (SSSR count). The van der Waals surface area contributed by atoms with Crippen molar-refractivity contribution in [2.45, 2.75) is 277 Å². The van der Waals surface area contributed by atoms with Crippen LogP contribution < -0.4 is 5.32 Å². The molecular weight excluding hydrogens is 1270 g/mol. The number of carbonyl (C=O) groups excluding carboxylic acids is 2. The first-order valence-electron chi connectivity index (χ1n) is 35.0. The van der Waals surface area contributed by atoms with E-state index in [1.807, 2.05) is 67.6 Å². The van der Waals surface area contributed by atoms with Crippen LogP contribution in [-0.2, 0) is 60.1 Å². The van der Waals surface area contributed by atoms with Crippen LogP contribution in [0.3, 0.4) is 0 Å². The highest BCUT2D eigenvalue weighted by molar-refractivity contribution is 6.74. The molecule has 2 unspecified atom stereocenters. The van der Waals surface area contributed by atoms with Gasteiger partial charge in [0.1, 0.15) is 18.8 Å². The maximum Gasteiger partial charge on any atom is 0.305 e. The molecule has 0 spiro atoms. The third-order valence-electron chi connectivity index (χ3n) is 17.4. The molecule has 2 aromatic carbocycles. The molecule has 12 nitrogen and oxygen atoms in total. The Morgan fingerprint density at radius 2 is 0.929 bits per heavy atom. The molecule has 1 fully saturated rings. The second kappa shape index (κ2) is 49.3. The minimum Gasteiger partial charge on any atom is -0.481 e. The summed E-state index contributed by atoms with van der Waals surface area (Å²) in [5.41, 5.74) is 1.89. The molecule has 8 atom stereocenters. The van der Waals surface area contributed by atoms with Crippen molar-refractivity contribution in [3.63, 3.8) is 0 Å². The molecule has 1 aliphatic rings. The van der Waals surface area contributed by atoms with Crippen molar-refractivity contribution in [3.8, 4) is 142 Å². The molecule has 0 saturated carbocycles. The predicted molar refractivity (Wildman–Crippen MR) is 401 cm³/mol. The zero-order valence-electron chi connectivity index (χ0n) is 61.2. The van der Waals surface area contributed by atoms with E-state index in [0.29, 0.717) is 32.1 Å². The van der Waals surface area contributed by atoms with Crippen LogP contribution in [0.2, 0.25) is 36.3 Å². The van der Waals surface area contributed by atoms with Gasteiger partial charge in [-0.05, 0) is 168 Å². The lowest BCUT2D eigenvalue weighted by Gasteiger charge is -2.48. The molecule has 0 aliphatic carbocycles. The number of carbonyl (C=O) groups is 3. The van der Waals surface area contributed by atoms with Crippen LogP contribution >= 0.6 is 0 Å². The summed E-state index contributed by atoms with van der Waals surface area (Å²) in [6, 6.07) is 18.8. The summed E-state index contributed by atoms with van der Waals surface area (Å²) in [6.07, 6.45) is 13.4. The van der Waals surface area contributed by atoms with Crippen molar-refractivity contribution >= 4 is 34.5 Å². The number of amides is 1. The summed E-state index contributed by atoms with van der Waals surface area (Å²) in [5, 5.41) is 12.0. The molecule has 1 heterocycles. The summed E-state index contributed by atoms with van der Waals surface area (Å²) < 4.78 is 49.1. The van der Waals surface area contributed by atoms with Gasteiger partial charge in [0.15, 0.2) is 22.9 Å². The quantitative estimate of drug-likeness (QED) is 0.0286. The normalized spacial score (nSPS) is 16.0. The van der Waals surface area contributed by atoms with Crippen LogP contribution in [0.5, 0.6) is 0 Å². The third kappa shape index (κ3) is 37.5. The third-order valence-corrected chi connectivity index (χ3v) is 26.4. The largest absolute Gasteiger partial charge is 0.481 e. The number of hydrogen-bond acceptors (Lipinski definition) is 10. The molecule has 1 saturated heterocycles. The predicted octanol–water partition coefficient (Wildman–Crippen LogP) is 14.9. The van der Waals surface area contributed by atoms with Gasteiger partial charge < -0.3 is 43.0 Å². The lowest BCUT2D eigenvalue weighted by molar-refractivity contribution is -0.308. The van der Waals surface area contributed by atoms with Crippen molar-refractivity contribution in [1.29, 1.82) is 0 Å². The Hall–Kier alpha value is -8.24. The monoisotopic (exact) mass is 1370 g/mol. The summed E-state index contributed by atoms with van der Waals surface area (Å²) in [7, 11) is -5.25. The number of hydrogen-bond donors (Lipinski definition) is 2. The number of rotatable bonds is 38. The summed E-state index contributed by atoms with van der Waals surface area (Å²) in [6.45, 7) is 28.4. The van der Waals surface area contributed by atoms with Crippen molar-refractivity contribution in [2.75, 3.05) is 13.2 Å². The molecule has 14 heteroatoms. The summed E-state index contributed by atoms with van der Waals surface area (Å²) in [5.74, 6) is 60.0. The highest BCUT2D eigenvalue weighted by atomic mass is 28.4. The van der Waals surface area contributed by atoms with Crippen LogP contribution in [0.1, 0.15) is 195 Å². The molecule has 524 valence electrons. The van der Waals surface area contributed by atoms with Crippen molar-refractivity contribution in [3.05, 3.63) is 71.8 Å². The van der Waals surface area contributed by atoms with Gasteiger partial charge in [0.25, 0.3) is 5.91 Å². The first-order chi connectivity index (χ1) is 47.5. The van der Waals surface area contributed by atoms with Crippen molar-refractivity contribution in [1.82, 2.24) is 5.32 Å². The van der Waals surface area contributed by atoms with Crippen molar-refractivity contribution in [2.24, 2.45) is 5.92 Å². The average molecular weight is 1370 g/mol. The van der Waals surface area contributed by atoms with Crippen LogP contribution in [-0.4, -0.2) is 95.7 Å².